The van der Waals surface area contributed by atoms with Crippen LogP contribution in [0.25, 0.3) is 0 Å². The normalized spacial score (nSPS) is 16.5. The van der Waals surface area contributed by atoms with Gasteiger partial charge in [0.05, 0.1) is 6.20 Å². The van der Waals surface area contributed by atoms with Crippen LogP contribution in [0.4, 0.5) is 26.3 Å². The van der Waals surface area contributed by atoms with Crippen molar-refractivity contribution in [3.8, 4) is 0 Å². The van der Waals surface area contributed by atoms with E-state index in [0.29, 0.717) is 0 Å². The molecule has 0 spiro atoms. The highest BCUT2D eigenvalue weighted by Crippen LogP contribution is 2.39. The number of hydrogen-bond acceptors (Lipinski definition) is 3. The third-order valence-electron chi connectivity index (χ3n) is 2.41. The number of halogens is 6. The number of alkyl halides is 6. The molecule has 2 unspecified atom stereocenters. The third-order valence-corrected chi connectivity index (χ3v) is 2.41. The van der Waals surface area contributed by atoms with Crippen LogP contribution in [0.3, 0.4) is 0 Å². The van der Waals surface area contributed by atoms with E-state index in [4.69, 9.17) is 5.73 Å². The summed E-state index contributed by atoms with van der Waals surface area (Å²) in [6.07, 6.45) is -14.3. The molecule has 4 nitrogen and oxygen atoms in total. The van der Waals surface area contributed by atoms with Gasteiger partial charge in [0.2, 0.25) is 6.10 Å². The van der Waals surface area contributed by atoms with Gasteiger partial charge in [0.15, 0.2) is 0 Å². The van der Waals surface area contributed by atoms with E-state index in [2.05, 4.69) is 9.84 Å². The van der Waals surface area contributed by atoms with Gasteiger partial charge in [-0.2, -0.15) is 31.4 Å². The fraction of sp³-hybridized carbons (Fsp3) is 0.700. The molecule has 0 fully saturated rings. The molecule has 0 amide bonds. The third kappa shape index (κ3) is 4.10. The SMILES string of the molecule is CC(N)C(OC(C(F)(F)F)C(F)(F)F)c1cnn(C)c1. The second-order valence-corrected chi connectivity index (χ2v) is 4.33. The topological polar surface area (TPSA) is 53.1 Å². The average molecular weight is 305 g/mol. The van der Waals surface area contributed by atoms with Crippen LogP contribution in [-0.4, -0.2) is 34.3 Å². The van der Waals surface area contributed by atoms with E-state index in [1.54, 1.807) is 0 Å². The minimum Gasteiger partial charge on any atom is -0.351 e. The van der Waals surface area contributed by atoms with Gasteiger partial charge in [-0.25, -0.2) is 0 Å². The highest BCUT2D eigenvalue weighted by Gasteiger charge is 2.59. The summed E-state index contributed by atoms with van der Waals surface area (Å²) >= 11 is 0. The van der Waals surface area contributed by atoms with E-state index < -0.39 is 30.6 Å². The highest BCUT2D eigenvalue weighted by molar-refractivity contribution is 5.10. The number of ether oxygens (including phenoxy) is 1. The number of rotatable bonds is 4. The van der Waals surface area contributed by atoms with Gasteiger partial charge in [-0.15, -0.1) is 0 Å². The van der Waals surface area contributed by atoms with E-state index in [0.717, 1.165) is 6.20 Å². The maximum absolute atomic E-state index is 12.5. The molecule has 10 heteroatoms. The summed E-state index contributed by atoms with van der Waals surface area (Å²) in [4.78, 5) is 0. The summed E-state index contributed by atoms with van der Waals surface area (Å²) in [5.41, 5.74) is 5.46. The standard InChI is InChI=1S/C10H13F6N3O/c1-5(17)7(6-3-18-19(2)4-6)20-8(9(11,12)13)10(14,15)16/h3-5,7-8H,17H2,1-2H3. The van der Waals surface area contributed by atoms with E-state index in [1.807, 2.05) is 0 Å². The second kappa shape index (κ2) is 5.60. The Kier molecular flexibility index (Phi) is 4.70. The molecule has 0 radical (unpaired) electrons. The van der Waals surface area contributed by atoms with E-state index in [1.165, 1.54) is 24.9 Å². The van der Waals surface area contributed by atoms with E-state index in [9.17, 15) is 26.3 Å². The van der Waals surface area contributed by atoms with E-state index >= 15 is 0 Å². The quantitative estimate of drug-likeness (QED) is 0.869. The summed E-state index contributed by atoms with van der Waals surface area (Å²) in [5.74, 6) is 0. The molecular formula is C10H13F6N3O. The van der Waals surface area contributed by atoms with Gasteiger partial charge in [-0.3, -0.25) is 4.68 Å². The van der Waals surface area contributed by atoms with Crippen LogP contribution in [0.15, 0.2) is 12.4 Å². The van der Waals surface area contributed by atoms with Crippen molar-refractivity contribution >= 4 is 0 Å². The van der Waals surface area contributed by atoms with Gasteiger partial charge in [-0.1, -0.05) is 0 Å². The lowest BCUT2D eigenvalue weighted by Crippen LogP contribution is -2.46. The van der Waals surface area contributed by atoms with Crippen molar-refractivity contribution in [3.05, 3.63) is 18.0 Å². The Hall–Kier alpha value is -1.29. The lowest BCUT2D eigenvalue weighted by molar-refractivity contribution is -0.333. The summed E-state index contributed by atoms with van der Waals surface area (Å²) in [5, 5.41) is 3.67. The molecule has 0 saturated carbocycles. The highest BCUT2D eigenvalue weighted by atomic mass is 19.4. The Labute approximate surface area is 110 Å². The van der Waals surface area contributed by atoms with Crippen LogP contribution in [0.2, 0.25) is 0 Å². The van der Waals surface area contributed by atoms with Crippen LogP contribution < -0.4 is 5.73 Å². The molecule has 0 aromatic carbocycles. The van der Waals surface area contributed by atoms with Crippen molar-refractivity contribution in [1.29, 1.82) is 0 Å². The molecule has 2 N–H and O–H groups in total. The van der Waals surface area contributed by atoms with Gasteiger partial charge in [0, 0.05) is 24.8 Å². The lowest BCUT2D eigenvalue weighted by Gasteiger charge is -2.29. The zero-order chi connectivity index (χ0) is 15.7. The fourth-order valence-electron chi connectivity index (χ4n) is 1.58. The zero-order valence-electron chi connectivity index (χ0n) is 10.5. The molecule has 1 heterocycles. The second-order valence-electron chi connectivity index (χ2n) is 4.33. The molecule has 0 aliphatic rings. The maximum atomic E-state index is 12.5. The molecule has 0 bridgehead atoms. The van der Waals surface area contributed by atoms with Crippen LogP contribution in [0.1, 0.15) is 18.6 Å². The molecule has 0 saturated heterocycles. The fourth-order valence-corrected chi connectivity index (χ4v) is 1.58. The molecular weight excluding hydrogens is 292 g/mol. The minimum atomic E-state index is -5.58. The predicted molar refractivity (Wildman–Crippen MR) is 56.6 cm³/mol. The van der Waals surface area contributed by atoms with Crippen molar-refractivity contribution in [2.75, 3.05) is 0 Å². The summed E-state index contributed by atoms with van der Waals surface area (Å²) in [6.45, 7) is 1.25. The van der Waals surface area contributed by atoms with Crippen molar-refractivity contribution < 1.29 is 31.1 Å². The van der Waals surface area contributed by atoms with Crippen LogP contribution in [0.5, 0.6) is 0 Å². The molecule has 1 aromatic rings. The Morgan fingerprint density at radius 1 is 1.20 bits per heavy atom. The van der Waals surface area contributed by atoms with Crippen molar-refractivity contribution in [3.63, 3.8) is 0 Å². The first-order valence-electron chi connectivity index (χ1n) is 5.46. The smallest absolute Gasteiger partial charge is 0.351 e. The molecule has 20 heavy (non-hydrogen) atoms. The maximum Gasteiger partial charge on any atom is 0.423 e. The number of nitrogens with zero attached hydrogens (tertiary/aromatic N) is 2. The molecule has 0 aliphatic heterocycles. The van der Waals surface area contributed by atoms with Crippen molar-refractivity contribution in [1.82, 2.24) is 9.78 Å². The van der Waals surface area contributed by atoms with Gasteiger partial charge in [0.1, 0.15) is 6.10 Å². The lowest BCUT2D eigenvalue weighted by atomic mass is 10.1. The first-order chi connectivity index (χ1) is 8.93. The van der Waals surface area contributed by atoms with Crippen LogP contribution in [0, 0.1) is 0 Å². The number of aromatic nitrogens is 2. The molecule has 1 aromatic heterocycles. The Balaban J connectivity index is 3.05. The number of nitrogens with two attached hydrogens (primary N) is 1. The molecule has 2 atom stereocenters. The first kappa shape index (κ1) is 16.8. The zero-order valence-corrected chi connectivity index (χ0v) is 10.5. The van der Waals surface area contributed by atoms with Crippen molar-refractivity contribution in [2.45, 2.75) is 37.5 Å². The van der Waals surface area contributed by atoms with Crippen LogP contribution >= 0.6 is 0 Å². The summed E-state index contributed by atoms with van der Waals surface area (Å²) < 4.78 is 80.2. The largest absolute Gasteiger partial charge is 0.423 e. The monoisotopic (exact) mass is 305 g/mol. The average Bonchev–Trinajstić information content (AvgIpc) is 2.60. The number of hydrogen-bond donors (Lipinski definition) is 1. The van der Waals surface area contributed by atoms with Crippen LogP contribution in [-0.2, 0) is 11.8 Å². The van der Waals surface area contributed by atoms with Gasteiger partial charge >= 0.3 is 12.4 Å². The Morgan fingerprint density at radius 3 is 2.00 bits per heavy atom. The molecule has 116 valence electrons. The minimum absolute atomic E-state index is 0.0426. The van der Waals surface area contributed by atoms with Gasteiger partial charge < -0.3 is 10.5 Å². The van der Waals surface area contributed by atoms with E-state index in [-0.39, 0.29) is 5.56 Å². The van der Waals surface area contributed by atoms with Gasteiger partial charge in [-0.05, 0) is 6.92 Å². The summed E-state index contributed by atoms with van der Waals surface area (Å²) in [6, 6.07) is -1.08. The van der Waals surface area contributed by atoms with Crippen molar-refractivity contribution in [2.24, 2.45) is 12.8 Å². The predicted octanol–water partition coefficient (Wildman–Crippen LogP) is 2.32. The first-order valence-corrected chi connectivity index (χ1v) is 5.46. The van der Waals surface area contributed by atoms with Gasteiger partial charge in [0.25, 0.3) is 0 Å². The number of aryl methyl sites for hydroxylation is 1. The molecule has 1 rings (SSSR count). The Bertz CT molecular complexity index is 425. The Morgan fingerprint density at radius 2 is 1.70 bits per heavy atom. The molecule has 0 aliphatic carbocycles. The summed E-state index contributed by atoms with van der Waals surface area (Å²) in [7, 11) is 1.47.